The average Bonchev–Trinajstić information content (AvgIpc) is 1.71. The number of likely N-dealkylation sites (tertiary alicyclic amines) is 4. The molecule has 10 fully saturated rings. The van der Waals surface area contributed by atoms with Crippen LogP contribution in [0, 0.1) is 38.5 Å². The maximum Gasteiger partial charge on any atom is 0.283 e. The van der Waals surface area contributed by atoms with Crippen molar-refractivity contribution in [2.75, 3.05) is 117 Å². The second-order valence-electron chi connectivity index (χ2n) is 43.0. The first-order chi connectivity index (χ1) is 66.5. The van der Waals surface area contributed by atoms with Gasteiger partial charge in [0.15, 0.2) is 39.7 Å². The lowest BCUT2D eigenvalue weighted by atomic mass is 9.83. The van der Waals surface area contributed by atoms with E-state index >= 15 is 0 Å². The summed E-state index contributed by atoms with van der Waals surface area (Å²) in [7, 11) is -4.43. The summed E-state index contributed by atoms with van der Waals surface area (Å²) in [6.45, 7) is 39.8. The number of carbonyl (C=O) groups excluding carboxylic acids is 8. The van der Waals surface area contributed by atoms with Crippen molar-refractivity contribution in [3.63, 3.8) is 0 Å². The molecule has 6 N–H and O–H groups in total. The van der Waals surface area contributed by atoms with Crippen molar-refractivity contribution in [3.8, 4) is 41.8 Å². The Hall–Kier alpha value is -10.1. The molecular formula is C101H138N20O14S6. The van der Waals surface area contributed by atoms with Gasteiger partial charge in [0.25, 0.3) is 47.3 Å². The van der Waals surface area contributed by atoms with E-state index in [1.807, 2.05) is 92.3 Å². The maximum atomic E-state index is 13.8. The van der Waals surface area contributed by atoms with E-state index in [4.69, 9.17) is 0 Å². The third-order valence-electron chi connectivity index (χ3n) is 28.6. The van der Waals surface area contributed by atoms with E-state index in [0.29, 0.717) is 73.8 Å². The van der Waals surface area contributed by atoms with E-state index < -0.39 is 30.8 Å². The van der Waals surface area contributed by atoms with Gasteiger partial charge in [0.2, 0.25) is 0 Å². The molecule has 34 nitrogen and oxygen atoms in total. The number of thiazole rings is 4. The molecule has 4 bridgehead atoms. The molecule has 0 radical (unpaired) electrons. The second kappa shape index (κ2) is 42.3. The fraction of sp³-hybridized carbons (Fsp3) is 0.604. The third kappa shape index (κ3) is 23.5. The van der Waals surface area contributed by atoms with Gasteiger partial charge in [-0.3, -0.25) is 38.4 Å². The van der Waals surface area contributed by atoms with Crippen molar-refractivity contribution in [2.24, 2.45) is 10.8 Å². The molecule has 8 aromatic rings. The number of pyridine rings is 4. The molecule has 762 valence electrons. The number of nitrogens with one attached hydrogen (secondary N) is 4. The molecular weight excluding hydrogens is 1910 g/mol. The quantitative estimate of drug-likeness (QED) is 0.0346. The number of β-amino-alcohol motifs (C(OH)–C–C–N with tert-alkyl or cyclic N) is 1. The number of anilines is 4. The number of hydrogen-bond donors (Lipinski definition) is 6. The molecule has 8 aromatic heterocycles. The summed E-state index contributed by atoms with van der Waals surface area (Å²) >= 11 is 4.89. The number of nitrogens with zero attached hydrogens (tertiary/aromatic N) is 16. The number of aromatic nitrogens is 8. The lowest BCUT2D eigenvalue weighted by molar-refractivity contribution is -0.0668. The van der Waals surface area contributed by atoms with Gasteiger partial charge in [0, 0.05) is 160 Å². The molecule has 8 amide bonds. The summed E-state index contributed by atoms with van der Waals surface area (Å²) in [5.41, 5.74) is 6.47. The topological polar surface area (TPSA) is 422 Å². The van der Waals surface area contributed by atoms with Crippen LogP contribution < -0.4 is 21.3 Å². The molecule has 10 saturated heterocycles. The van der Waals surface area contributed by atoms with Crippen molar-refractivity contribution in [1.82, 2.24) is 79.1 Å². The number of sulfone groups is 2. The van der Waals surface area contributed by atoms with Gasteiger partial charge >= 0.3 is 0 Å². The van der Waals surface area contributed by atoms with E-state index in [0.717, 1.165) is 171 Å². The van der Waals surface area contributed by atoms with Gasteiger partial charge in [0.1, 0.15) is 46.0 Å². The van der Waals surface area contributed by atoms with Crippen molar-refractivity contribution in [1.29, 1.82) is 0 Å². The molecule has 10 aliphatic heterocycles. The summed E-state index contributed by atoms with van der Waals surface area (Å²) in [6.07, 6.45) is 22.3. The highest BCUT2D eigenvalue weighted by Gasteiger charge is 2.58. The standard InChI is InChI=1S/C26H37N5O4S2.C26H37N5O3S.C25H33N5O4S2.C24H31N5O3S/c1-17-14-20(28-16-26(3,4)5)27-15-19(17)22-21(24(32)31-9-7-6-8-18(31)2)29-23(36-22)25(33)30-10-12-37(34,35)13-11-30;1-7-16(3)28-20-12-15(2)19(13-27-20)22-21(24(33)31-17-8-9-18(31)11-10-17)29-23(35-22)25(34)30(6)26(4,5)14-32;1-15(2)27-19-9-16(3)18(10-26-19)21-20(23(31)30-8-6-5-7-17(30)4)28-22(35-21)24(32)29-11-25(12-29)13-36(33,34)14-25;1-13(2)26-18-9-14(3)17(10-25-18)20-19(22(30)29-15-5-6-16(29)8-7-15)27-21(33-20)23(31)28-11-24(4,32)12-28/h14-15,18H,6-13,16H2,1-5H3,(H,27,28);12-13,16-18,32H,7-11,14H2,1-6H3,(H,27,28);9-10,15,17H,5-8,11-14H2,1-4H3,(H,26,27);9-10,13,15-16,32H,5-8,11-12H2,1-4H3,(H,25,26)/t18-;16-,17?,18?;17-;/m010./s1. The number of aryl methyl sites for hydroxylation is 4. The predicted molar refractivity (Wildman–Crippen MR) is 554 cm³/mol. The lowest BCUT2D eigenvalue weighted by Crippen LogP contribution is -2.69. The Morgan fingerprint density at radius 1 is 0.468 bits per heavy atom. The highest BCUT2D eigenvalue weighted by Crippen LogP contribution is 2.48. The van der Waals surface area contributed by atoms with Gasteiger partial charge in [-0.1, -0.05) is 27.7 Å². The predicted octanol–water partition coefficient (Wildman–Crippen LogP) is 14.7. The van der Waals surface area contributed by atoms with Crippen LogP contribution in [0.25, 0.3) is 41.8 Å². The minimum Gasteiger partial charge on any atom is -0.394 e. The molecule has 18 rings (SSSR count). The molecule has 10 aliphatic rings. The Bertz CT molecular complexity index is 6240. The molecule has 3 atom stereocenters. The number of piperidine rings is 2. The Balaban J connectivity index is 0.000000142. The summed E-state index contributed by atoms with van der Waals surface area (Å²) in [6, 6.07) is 9.94. The summed E-state index contributed by atoms with van der Waals surface area (Å²) in [5.74, 6) is 1.64. The maximum absolute atomic E-state index is 13.8. The first kappa shape index (κ1) is 105. The van der Waals surface area contributed by atoms with Crippen molar-refractivity contribution in [3.05, 3.63) is 114 Å². The third-order valence-corrected chi connectivity index (χ3v) is 36.6. The first-order valence-electron chi connectivity index (χ1n) is 49.6. The SMILES string of the molecule is CC[C@@H](C)Nc1cc(C)c(-c2sc(C(=O)N(C)C(C)(C)CO)nc2C(=O)N2C3CCC2CC3)cn1.Cc1cc(NC(C)C)ncc1-c1sc(C(=O)N2CC(C)(O)C2)nc1C(=O)N1C2CCC1CC2.Cc1cc(NC(C)C)ncc1-c1sc(C(=O)N2CC3(C2)CS(=O)(=O)C3)nc1C(=O)N1CCCC[C@@H]1C.Cc1cc(NCC(C)(C)C)ncc1-c1sc(C(=O)N2CCS(=O)(=O)CC2)nc1C(=O)N1CCCC[C@@H]1C. The van der Waals surface area contributed by atoms with Gasteiger partial charge < -0.3 is 70.7 Å². The van der Waals surface area contributed by atoms with Crippen LogP contribution in [0.5, 0.6) is 0 Å². The molecule has 40 heteroatoms. The van der Waals surface area contributed by atoms with Crippen LogP contribution in [0.1, 0.15) is 297 Å². The van der Waals surface area contributed by atoms with Gasteiger partial charge in [-0.05, 0) is 245 Å². The number of rotatable bonds is 23. The van der Waals surface area contributed by atoms with Crippen molar-refractivity contribution < 1.29 is 65.4 Å². The van der Waals surface area contributed by atoms with Gasteiger partial charge in [0.05, 0.1) is 73.4 Å². The largest absolute Gasteiger partial charge is 0.394 e. The second-order valence-corrected chi connectivity index (χ2v) is 51.3. The highest BCUT2D eigenvalue weighted by molar-refractivity contribution is 7.92. The van der Waals surface area contributed by atoms with Crippen LogP contribution in [-0.4, -0.2) is 314 Å². The minimum absolute atomic E-state index is 0.0554. The smallest absolute Gasteiger partial charge is 0.283 e. The first-order valence-corrected chi connectivity index (χ1v) is 56.5. The Labute approximate surface area is 844 Å². The number of aliphatic hydroxyl groups is 2. The van der Waals surface area contributed by atoms with Crippen molar-refractivity contribution >= 4 is 136 Å². The molecule has 141 heavy (non-hydrogen) atoms. The molecule has 0 aliphatic carbocycles. The zero-order valence-corrected chi connectivity index (χ0v) is 89.6. The fourth-order valence-electron chi connectivity index (χ4n) is 20.3. The Morgan fingerprint density at radius 3 is 1.15 bits per heavy atom. The van der Waals surface area contributed by atoms with Gasteiger partial charge in [-0.2, -0.15) is 0 Å². The van der Waals surface area contributed by atoms with E-state index in [-0.39, 0.29) is 183 Å². The van der Waals surface area contributed by atoms with Crippen LogP contribution in [0.15, 0.2) is 49.1 Å². The molecule has 18 heterocycles. The highest BCUT2D eigenvalue weighted by atomic mass is 32.2. The number of fused-ring (bicyclic) bond motifs is 4. The minimum atomic E-state index is -3.12. The van der Waals surface area contributed by atoms with Crippen LogP contribution in [-0.2, 0) is 19.7 Å². The zero-order valence-electron chi connectivity index (χ0n) is 84.7. The van der Waals surface area contributed by atoms with Crippen LogP contribution in [0.3, 0.4) is 0 Å². The molecule has 0 unspecified atom stereocenters. The van der Waals surface area contributed by atoms with E-state index in [1.54, 1.807) is 62.4 Å². The molecule has 1 spiro atoms. The number of carbonyl (C=O) groups is 8. The number of aliphatic hydroxyl groups excluding tert-OH is 1. The summed E-state index contributed by atoms with van der Waals surface area (Å²) in [5, 5.41) is 34.2. The number of likely N-dealkylation sites (N-methyl/N-ethyl adjacent to an activating group) is 1. The van der Waals surface area contributed by atoms with Crippen molar-refractivity contribution in [2.45, 2.75) is 286 Å². The van der Waals surface area contributed by atoms with Crippen LogP contribution in [0.4, 0.5) is 23.3 Å². The average molecular weight is 2050 g/mol. The molecule has 0 aromatic carbocycles. The number of amides is 8. The normalized spacial score (nSPS) is 21.4. The monoisotopic (exact) mass is 2050 g/mol. The van der Waals surface area contributed by atoms with Crippen LogP contribution >= 0.6 is 45.3 Å². The zero-order chi connectivity index (χ0) is 102. The summed E-state index contributed by atoms with van der Waals surface area (Å²) < 4.78 is 47.0. The van der Waals surface area contributed by atoms with Gasteiger partial charge in [-0.25, -0.2) is 56.7 Å². The lowest BCUT2D eigenvalue weighted by Gasteiger charge is -2.54. The van der Waals surface area contributed by atoms with E-state index in [1.165, 1.54) is 55.1 Å². The number of hydrogen-bond acceptors (Lipinski definition) is 30. The van der Waals surface area contributed by atoms with Crippen LogP contribution in [0.2, 0.25) is 0 Å². The van der Waals surface area contributed by atoms with E-state index in [2.05, 4.69) is 117 Å². The Morgan fingerprint density at radius 2 is 0.809 bits per heavy atom. The van der Waals surface area contributed by atoms with E-state index in [9.17, 15) is 65.4 Å². The molecule has 0 saturated carbocycles. The summed E-state index contributed by atoms with van der Waals surface area (Å²) in [4.78, 5) is 161. The fourth-order valence-corrected chi connectivity index (χ4v) is 28.1. The Kier molecular flexibility index (Phi) is 31.6. The van der Waals surface area contributed by atoms with Gasteiger partial charge in [-0.15, -0.1) is 45.3 Å².